The number of phenolic OH excluding ortho intramolecular Hbond substituents is 1. The summed E-state index contributed by atoms with van der Waals surface area (Å²) in [5.74, 6) is -1.50. The molecular formula is C26H32F3N5O5. The summed E-state index contributed by atoms with van der Waals surface area (Å²) in [6.45, 7) is 4.82. The molecule has 1 heterocycles. The standard InChI is InChI=1S/C26H32F3N5O5/c1-25(2,3)39-24(38)34-20-6-5-15(26(27,28)29)10-18(20)23(37)32-13-22(36)33-17-11-16(31-12-17)8-14-4-7-21(35)19(30)9-14/h4-7,9-10,16-17,31,35H,8,11-13,30H2,1-3H3,(H,32,37)(H,33,36)(H,34,38). The highest BCUT2D eigenvalue weighted by molar-refractivity contribution is 6.04. The molecule has 1 aliphatic heterocycles. The molecule has 2 aromatic rings. The molecule has 0 bridgehead atoms. The number of anilines is 2. The van der Waals surface area contributed by atoms with Gasteiger partial charge >= 0.3 is 12.3 Å². The van der Waals surface area contributed by atoms with Crippen LogP contribution in [-0.2, 0) is 22.1 Å². The molecule has 1 aliphatic rings. The van der Waals surface area contributed by atoms with E-state index in [1.807, 2.05) is 0 Å². The highest BCUT2D eigenvalue weighted by Gasteiger charge is 2.32. The molecule has 39 heavy (non-hydrogen) atoms. The van der Waals surface area contributed by atoms with E-state index in [1.165, 1.54) is 6.07 Å². The maximum Gasteiger partial charge on any atom is 0.416 e. The van der Waals surface area contributed by atoms with Crippen LogP contribution in [0.4, 0.5) is 29.3 Å². The highest BCUT2D eigenvalue weighted by Crippen LogP contribution is 2.32. The molecule has 1 fully saturated rings. The number of aromatic hydroxyl groups is 1. The van der Waals surface area contributed by atoms with Crippen LogP contribution >= 0.6 is 0 Å². The lowest BCUT2D eigenvalue weighted by atomic mass is 10.0. The van der Waals surface area contributed by atoms with Crippen LogP contribution in [0.5, 0.6) is 5.75 Å². The van der Waals surface area contributed by atoms with Crippen molar-refractivity contribution in [1.82, 2.24) is 16.0 Å². The molecule has 2 atom stereocenters. The van der Waals surface area contributed by atoms with Crippen LogP contribution < -0.4 is 27.0 Å². The number of rotatable bonds is 7. The van der Waals surface area contributed by atoms with Gasteiger partial charge in [0.1, 0.15) is 11.4 Å². The number of hydrogen-bond acceptors (Lipinski definition) is 7. The fourth-order valence-electron chi connectivity index (χ4n) is 4.07. The number of phenols is 1. The lowest BCUT2D eigenvalue weighted by molar-refractivity contribution is -0.137. The van der Waals surface area contributed by atoms with Gasteiger partial charge in [-0.2, -0.15) is 13.2 Å². The Bertz CT molecular complexity index is 1230. The molecule has 2 unspecified atom stereocenters. The lowest BCUT2D eigenvalue weighted by Gasteiger charge is -2.21. The summed E-state index contributed by atoms with van der Waals surface area (Å²) in [6, 6.07) is 7.04. The highest BCUT2D eigenvalue weighted by atomic mass is 19.4. The minimum Gasteiger partial charge on any atom is -0.506 e. The second kappa shape index (κ2) is 11.8. The molecule has 0 aromatic heterocycles. The second-order valence-corrected chi connectivity index (χ2v) is 10.3. The fourth-order valence-corrected chi connectivity index (χ4v) is 4.07. The zero-order valence-corrected chi connectivity index (χ0v) is 21.7. The molecule has 0 aliphatic carbocycles. The van der Waals surface area contributed by atoms with E-state index in [-0.39, 0.29) is 29.2 Å². The Morgan fingerprint density at radius 1 is 1.13 bits per heavy atom. The summed E-state index contributed by atoms with van der Waals surface area (Å²) in [4.78, 5) is 37.4. The Morgan fingerprint density at radius 3 is 2.49 bits per heavy atom. The number of nitrogens with two attached hydrogens (primary N) is 1. The lowest BCUT2D eigenvalue weighted by Crippen LogP contribution is -2.43. The summed E-state index contributed by atoms with van der Waals surface area (Å²) in [5.41, 5.74) is 4.28. The Kier molecular flexibility index (Phi) is 8.95. The SMILES string of the molecule is CC(C)(C)OC(=O)Nc1ccc(C(F)(F)F)cc1C(=O)NCC(=O)NC1CNC(Cc2ccc(O)c(N)c2)C1. The number of nitrogens with one attached hydrogen (secondary N) is 4. The average molecular weight is 552 g/mol. The van der Waals surface area contributed by atoms with Crippen molar-refractivity contribution >= 4 is 29.3 Å². The molecular weight excluding hydrogens is 519 g/mol. The third kappa shape index (κ3) is 8.77. The fraction of sp³-hybridized carbons (Fsp3) is 0.423. The number of hydrogen-bond donors (Lipinski definition) is 6. The summed E-state index contributed by atoms with van der Waals surface area (Å²) in [6.07, 6.45) is -4.46. The Hall–Kier alpha value is -4.00. The normalized spacial score (nSPS) is 17.4. The van der Waals surface area contributed by atoms with Gasteiger partial charge in [-0.15, -0.1) is 0 Å². The first-order valence-corrected chi connectivity index (χ1v) is 12.2. The minimum atomic E-state index is -4.73. The summed E-state index contributed by atoms with van der Waals surface area (Å²) in [7, 11) is 0. The largest absolute Gasteiger partial charge is 0.506 e. The monoisotopic (exact) mass is 551 g/mol. The molecule has 2 aromatic carbocycles. The van der Waals surface area contributed by atoms with Gasteiger partial charge in [0.25, 0.3) is 5.91 Å². The van der Waals surface area contributed by atoms with Gasteiger partial charge in [0.2, 0.25) is 5.91 Å². The van der Waals surface area contributed by atoms with Gasteiger partial charge in [0.05, 0.1) is 29.0 Å². The van der Waals surface area contributed by atoms with E-state index in [1.54, 1.807) is 32.9 Å². The van der Waals surface area contributed by atoms with E-state index in [9.17, 15) is 32.7 Å². The number of benzene rings is 2. The number of halogens is 3. The third-order valence-corrected chi connectivity index (χ3v) is 5.80. The molecule has 0 radical (unpaired) electrons. The van der Waals surface area contributed by atoms with Crippen LogP contribution in [0, 0.1) is 0 Å². The number of ether oxygens (including phenoxy) is 1. The van der Waals surface area contributed by atoms with Crippen molar-refractivity contribution in [2.75, 3.05) is 24.1 Å². The van der Waals surface area contributed by atoms with Crippen molar-refractivity contribution in [1.29, 1.82) is 0 Å². The first kappa shape index (κ1) is 29.6. The van der Waals surface area contributed by atoms with Crippen molar-refractivity contribution in [2.24, 2.45) is 0 Å². The zero-order chi connectivity index (χ0) is 29.0. The van der Waals surface area contributed by atoms with Crippen molar-refractivity contribution < 1.29 is 37.4 Å². The number of amides is 3. The molecule has 3 amide bonds. The molecule has 10 nitrogen and oxygen atoms in total. The van der Waals surface area contributed by atoms with Gasteiger partial charge in [0.15, 0.2) is 0 Å². The molecule has 13 heteroatoms. The molecule has 0 spiro atoms. The van der Waals surface area contributed by atoms with Crippen LogP contribution in [0.2, 0.25) is 0 Å². The van der Waals surface area contributed by atoms with Crippen LogP contribution in [0.3, 0.4) is 0 Å². The average Bonchev–Trinajstić information content (AvgIpc) is 3.24. The molecule has 212 valence electrons. The topological polar surface area (TPSA) is 155 Å². The first-order valence-electron chi connectivity index (χ1n) is 12.2. The van der Waals surface area contributed by atoms with E-state index >= 15 is 0 Å². The van der Waals surface area contributed by atoms with E-state index in [0.29, 0.717) is 25.5 Å². The summed E-state index contributed by atoms with van der Waals surface area (Å²) in [5, 5.41) is 20.2. The van der Waals surface area contributed by atoms with E-state index < -0.39 is 47.4 Å². The predicted octanol–water partition coefficient (Wildman–Crippen LogP) is 3.16. The molecule has 1 saturated heterocycles. The smallest absolute Gasteiger partial charge is 0.416 e. The predicted molar refractivity (Wildman–Crippen MR) is 138 cm³/mol. The third-order valence-electron chi connectivity index (χ3n) is 5.80. The Labute approximate surface area is 223 Å². The number of carbonyl (C=O) groups is 3. The summed E-state index contributed by atoms with van der Waals surface area (Å²) >= 11 is 0. The van der Waals surface area contributed by atoms with Crippen LogP contribution in [-0.4, -0.2) is 53.8 Å². The van der Waals surface area contributed by atoms with Crippen LogP contribution in [0.25, 0.3) is 0 Å². The Morgan fingerprint density at radius 2 is 1.85 bits per heavy atom. The van der Waals surface area contributed by atoms with Gasteiger partial charge in [-0.05, 0) is 69.5 Å². The minimum absolute atomic E-state index is 0.00296. The van der Waals surface area contributed by atoms with Gasteiger partial charge in [-0.25, -0.2) is 4.79 Å². The second-order valence-electron chi connectivity index (χ2n) is 10.3. The molecule has 0 saturated carbocycles. The van der Waals surface area contributed by atoms with E-state index in [2.05, 4.69) is 21.3 Å². The Balaban J connectivity index is 1.58. The van der Waals surface area contributed by atoms with Crippen molar-refractivity contribution in [2.45, 2.75) is 57.5 Å². The van der Waals surface area contributed by atoms with Crippen LogP contribution in [0.1, 0.15) is 48.7 Å². The number of carbonyl (C=O) groups excluding carboxylic acids is 3. The van der Waals surface area contributed by atoms with Gasteiger partial charge in [-0.1, -0.05) is 6.07 Å². The molecule has 7 N–H and O–H groups in total. The van der Waals surface area contributed by atoms with Crippen molar-refractivity contribution in [3.05, 3.63) is 53.1 Å². The maximum atomic E-state index is 13.3. The van der Waals surface area contributed by atoms with E-state index in [4.69, 9.17) is 10.5 Å². The first-order chi connectivity index (χ1) is 18.1. The zero-order valence-electron chi connectivity index (χ0n) is 21.7. The van der Waals surface area contributed by atoms with Crippen LogP contribution in [0.15, 0.2) is 36.4 Å². The van der Waals surface area contributed by atoms with Gasteiger partial charge in [-0.3, -0.25) is 14.9 Å². The molecule has 3 rings (SSSR count). The summed E-state index contributed by atoms with van der Waals surface area (Å²) < 4.78 is 44.9. The quantitative estimate of drug-likeness (QED) is 0.228. The van der Waals surface area contributed by atoms with Gasteiger partial charge < -0.3 is 31.5 Å². The number of alkyl halides is 3. The van der Waals surface area contributed by atoms with Gasteiger partial charge in [0, 0.05) is 18.6 Å². The van der Waals surface area contributed by atoms with Crippen molar-refractivity contribution in [3.8, 4) is 5.75 Å². The number of nitrogen functional groups attached to an aromatic ring is 1. The van der Waals surface area contributed by atoms with E-state index in [0.717, 1.165) is 17.7 Å². The maximum absolute atomic E-state index is 13.3. The van der Waals surface area contributed by atoms with Crippen molar-refractivity contribution in [3.63, 3.8) is 0 Å².